The summed E-state index contributed by atoms with van der Waals surface area (Å²) in [6.07, 6.45) is 8.85. The number of hydrogen-bond acceptors (Lipinski definition) is 2. The monoisotopic (exact) mass is 197 g/mol. The molecule has 0 bridgehead atoms. The Morgan fingerprint density at radius 1 is 1.07 bits per heavy atom. The van der Waals surface area contributed by atoms with Crippen LogP contribution < -0.4 is 0 Å². The molecule has 0 heterocycles. The van der Waals surface area contributed by atoms with Gasteiger partial charge in [-0.25, -0.2) is 0 Å². The first-order valence-electron chi connectivity index (χ1n) is 6.15. The molecule has 0 amide bonds. The summed E-state index contributed by atoms with van der Waals surface area (Å²) in [6.45, 7) is 1.12. The van der Waals surface area contributed by atoms with Gasteiger partial charge in [-0.15, -0.1) is 0 Å². The van der Waals surface area contributed by atoms with Crippen molar-refractivity contribution >= 4 is 0 Å². The van der Waals surface area contributed by atoms with E-state index in [9.17, 15) is 5.11 Å². The Bertz CT molecular complexity index is 179. The fraction of sp³-hybridized carbons (Fsp3) is 1.00. The molecular formula is C12H23NO. The van der Waals surface area contributed by atoms with Gasteiger partial charge in [0.2, 0.25) is 0 Å². The number of hydrogen-bond donors (Lipinski definition) is 1. The van der Waals surface area contributed by atoms with Crippen LogP contribution in [-0.2, 0) is 0 Å². The Kier molecular flexibility index (Phi) is 3.45. The zero-order valence-electron chi connectivity index (χ0n) is 9.28. The topological polar surface area (TPSA) is 23.5 Å². The van der Waals surface area contributed by atoms with Crippen LogP contribution in [0.25, 0.3) is 0 Å². The van der Waals surface area contributed by atoms with Crippen molar-refractivity contribution in [1.82, 2.24) is 4.90 Å². The first-order valence-corrected chi connectivity index (χ1v) is 6.15. The molecule has 0 spiro atoms. The number of aliphatic hydroxyl groups excluding tert-OH is 1. The molecule has 0 aliphatic heterocycles. The van der Waals surface area contributed by atoms with Crippen LogP contribution in [0.3, 0.4) is 0 Å². The van der Waals surface area contributed by atoms with Gasteiger partial charge in [-0.05, 0) is 38.6 Å². The molecule has 2 unspecified atom stereocenters. The van der Waals surface area contributed by atoms with Crippen LogP contribution in [0.4, 0.5) is 0 Å². The van der Waals surface area contributed by atoms with Gasteiger partial charge in [-0.3, -0.25) is 0 Å². The minimum absolute atomic E-state index is 0.0290. The molecule has 2 nitrogen and oxygen atoms in total. The average molecular weight is 197 g/mol. The molecule has 14 heavy (non-hydrogen) atoms. The van der Waals surface area contributed by atoms with Crippen molar-refractivity contribution in [2.24, 2.45) is 5.92 Å². The highest BCUT2D eigenvalue weighted by molar-refractivity contribution is 4.85. The molecule has 2 aliphatic rings. The molecule has 0 aromatic rings. The predicted octanol–water partition coefficient (Wildman–Crippen LogP) is 2.02. The maximum absolute atomic E-state index is 9.97. The maximum Gasteiger partial charge on any atom is 0.0580 e. The van der Waals surface area contributed by atoms with E-state index in [0.717, 1.165) is 19.0 Å². The van der Waals surface area contributed by atoms with E-state index in [4.69, 9.17) is 0 Å². The third-order valence-corrected chi connectivity index (χ3v) is 3.81. The molecule has 0 radical (unpaired) electrons. The summed E-state index contributed by atoms with van der Waals surface area (Å²) in [5.41, 5.74) is 0. The lowest BCUT2D eigenvalue weighted by Crippen LogP contribution is -2.33. The van der Waals surface area contributed by atoms with Crippen molar-refractivity contribution in [3.63, 3.8) is 0 Å². The highest BCUT2D eigenvalue weighted by Gasteiger charge is 2.30. The molecule has 0 saturated heterocycles. The van der Waals surface area contributed by atoms with Crippen molar-refractivity contribution < 1.29 is 5.11 Å². The number of nitrogens with zero attached hydrogens (tertiary/aromatic N) is 1. The third kappa shape index (κ3) is 2.71. The summed E-state index contributed by atoms with van der Waals surface area (Å²) in [4.78, 5) is 2.46. The Morgan fingerprint density at radius 2 is 1.79 bits per heavy atom. The van der Waals surface area contributed by atoms with Crippen LogP contribution >= 0.6 is 0 Å². The van der Waals surface area contributed by atoms with E-state index in [1.165, 1.54) is 38.5 Å². The van der Waals surface area contributed by atoms with E-state index >= 15 is 0 Å². The molecule has 0 aromatic carbocycles. The van der Waals surface area contributed by atoms with Crippen molar-refractivity contribution in [3.8, 4) is 0 Å². The Balaban J connectivity index is 1.80. The second kappa shape index (κ2) is 4.63. The van der Waals surface area contributed by atoms with Crippen molar-refractivity contribution in [3.05, 3.63) is 0 Å². The molecule has 2 atom stereocenters. The molecule has 2 saturated carbocycles. The average Bonchev–Trinajstić information content (AvgIpc) is 2.95. The van der Waals surface area contributed by atoms with Crippen molar-refractivity contribution in [2.45, 2.75) is 57.1 Å². The van der Waals surface area contributed by atoms with E-state index in [1.54, 1.807) is 0 Å². The summed E-state index contributed by atoms with van der Waals surface area (Å²) in [7, 11) is 2.22. The first-order chi connectivity index (χ1) is 6.77. The SMILES string of the molecule is CN(CC1CCCCCC1O)C1CC1. The summed E-state index contributed by atoms with van der Waals surface area (Å²) in [5, 5.41) is 9.97. The lowest BCUT2D eigenvalue weighted by molar-refractivity contribution is 0.0779. The number of rotatable bonds is 3. The first kappa shape index (κ1) is 10.4. The van der Waals surface area contributed by atoms with Crippen LogP contribution in [0.5, 0.6) is 0 Å². The standard InChI is InChI=1S/C12H23NO/c1-13(11-7-8-11)9-10-5-3-2-4-6-12(10)14/h10-12,14H,2-9H2,1H3. The molecule has 1 N–H and O–H groups in total. The third-order valence-electron chi connectivity index (χ3n) is 3.81. The summed E-state index contributed by atoms with van der Waals surface area (Å²) in [6, 6.07) is 0.838. The maximum atomic E-state index is 9.97. The predicted molar refractivity (Wildman–Crippen MR) is 58.2 cm³/mol. The fourth-order valence-corrected chi connectivity index (χ4v) is 2.61. The zero-order valence-corrected chi connectivity index (χ0v) is 9.28. The van der Waals surface area contributed by atoms with Gasteiger partial charge < -0.3 is 10.0 Å². The zero-order chi connectivity index (χ0) is 9.97. The minimum Gasteiger partial charge on any atom is -0.393 e. The van der Waals surface area contributed by atoms with Crippen LogP contribution in [0.2, 0.25) is 0 Å². The van der Waals surface area contributed by atoms with Crippen LogP contribution in [0, 0.1) is 5.92 Å². The molecule has 0 aromatic heterocycles. The van der Waals surface area contributed by atoms with Crippen LogP contribution in [-0.4, -0.2) is 35.7 Å². The molecule has 2 rings (SSSR count). The van der Waals surface area contributed by atoms with E-state index in [0.29, 0.717) is 5.92 Å². The second-order valence-electron chi connectivity index (χ2n) is 5.14. The lowest BCUT2D eigenvalue weighted by Gasteiger charge is -2.26. The van der Waals surface area contributed by atoms with E-state index in [-0.39, 0.29) is 6.10 Å². The molecule has 2 aliphatic carbocycles. The second-order valence-corrected chi connectivity index (χ2v) is 5.14. The fourth-order valence-electron chi connectivity index (χ4n) is 2.61. The van der Waals surface area contributed by atoms with Crippen molar-refractivity contribution in [2.75, 3.05) is 13.6 Å². The summed E-state index contributed by atoms with van der Waals surface area (Å²) in [5.74, 6) is 0.545. The minimum atomic E-state index is -0.0290. The normalized spacial score (nSPS) is 34.5. The summed E-state index contributed by atoms with van der Waals surface area (Å²) < 4.78 is 0. The summed E-state index contributed by atoms with van der Waals surface area (Å²) >= 11 is 0. The Labute approximate surface area is 87.3 Å². The van der Waals surface area contributed by atoms with E-state index in [2.05, 4.69) is 11.9 Å². The van der Waals surface area contributed by atoms with E-state index < -0.39 is 0 Å². The van der Waals surface area contributed by atoms with Gasteiger partial charge in [0.1, 0.15) is 0 Å². The van der Waals surface area contributed by atoms with Crippen LogP contribution in [0.1, 0.15) is 44.9 Å². The Morgan fingerprint density at radius 3 is 2.50 bits per heavy atom. The van der Waals surface area contributed by atoms with Gasteiger partial charge in [0, 0.05) is 12.6 Å². The molecule has 2 fully saturated rings. The molecule has 2 heteroatoms. The van der Waals surface area contributed by atoms with E-state index in [1.807, 2.05) is 0 Å². The highest BCUT2D eigenvalue weighted by Crippen LogP contribution is 2.29. The lowest BCUT2D eigenvalue weighted by atomic mass is 9.97. The van der Waals surface area contributed by atoms with Gasteiger partial charge >= 0.3 is 0 Å². The van der Waals surface area contributed by atoms with Crippen LogP contribution in [0.15, 0.2) is 0 Å². The van der Waals surface area contributed by atoms with Gasteiger partial charge in [0.25, 0.3) is 0 Å². The van der Waals surface area contributed by atoms with Gasteiger partial charge in [-0.1, -0.05) is 19.3 Å². The quantitative estimate of drug-likeness (QED) is 0.700. The largest absolute Gasteiger partial charge is 0.393 e. The highest BCUT2D eigenvalue weighted by atomic mass is 16.3. The van der Waals surface area contributed by atoms with Gasteiger partial charge in [-0.2, -0.15) is 0 Å². The van der Waals surface area contributed by atoms with Gasteiger partial charge in [0.15, 0.2) is 0 Å². The molecule has 82 valence electrons. The smallest absolute Gasteiger partial charge is 0.0580 e. The van der Waals surface area contributed by atoms with Crippen molar-refractivity contribution in [1.29, 1.82) is 0 Å². The molecular weight excluding hydrogens is 174 g/mol. The van der Waals surface area contributed by atoms with Gasteiger partial charge in [0.05, 0.1) is 6.10 Å². The number of aliphatic hydroxyl groups is 1. The Hall–Kier alpha value is -0.0800.